The van der Waals surface area contributed by atoms with Crippen LogP contribution in [0.15, 0.2) is 12.1 Å². The zero-order valence-electron chi connectivity index (χ0n) is 13.7. The summed E-state index contributed by atoms with van der Waals surface area (Å²) in [6, 6.07) is 3.65. The highest BCUT2D eigenvalue weighted by Crippen LogP contribution is 2.43. The molecular weight excluding hydrogens is 332 g/mol. The van der Waals surface area contributed by atoms with E-state index in [1.807, 2.05) is 26.0 Å². The summed E-state index contributed by atoms with van der Waals surface area (Å²) in [6.45, 7) is 4.72. The van der Waals surface area contributed by atoms with Gasteiger partial charge in [-0.2, -0.15) is 0 Å². The van der Waals surface area contributed by atoms with Gasteiger partial charge in [0.05, 0.1) is 29.7 Å². The van der Waals surface area contributed by atoms with Crippen LogP contribution in [0.5, 0.6) is 11.5 Å². The summed E-state index contributed by atoms with van der Waals surface area (Å²) in [5.74, 6) is 1.07. The molecule has 0 unspecified atom stereocenters. The molecule has 0 saturated heterocycles. The van der Waals surface area contributed by atoms with Gasteiger partial charge < -0.3 is 9.47 Å². The third-order valence-electron chi connectivity index (χ3n) is 4.21. The van der Waals surface area contributed by atoms with E-state index in [-0.39, 0.29) is 17.4 Å². The zero-order chi connectivity index (χ0) is 17.3. The minimum Gasteiger partial charge on any atom is -0.490 e. The number of aromatic nitrogens is 1. The minimum absolute atomic E-state index is 0.116. The van der Waals surface area contributed by atoms with E-state index in [0.29, 0.717) is 42.6 Å². The van der Waals surface area contributed by atoms with E-state index in [1.54, 1.807) is 0 Å². The van der Waals surface area contributed by atoms with Gasteiger partial charge >= 0.3 is 0 Å². The standard InChI is InChI=1S/C17H19ClN2O4/c1-3-23-14-7-11-13(8-15(14)24-4-2)19-12-6-5-10(9-20(21)22)16(12)17(11)18/h7-8,10H,3-6,9H2,1-2H3/t10-/m1/s1. The number of hydrogen-bond acceptors (Lipinski definition) is 5. The van der Waals surface area contributed by atoms with Gasteiger partial charge in [-0.05, 0) is 32.8 Å². The van der Waals surface area contributed by atoms with Crippen molar-refractivity contribution in [2.45, 2.75) is 32.6 Å². The highest BCUT2D eigenvalue weighted by atomic mass is 35.5. The fourth-order valence-corrected chi connectivity index (χ4v) is 3.67. The maximum atomic E-state index is 10.9. The average Bonchev–Trinajstić information content (AvgIpc) is 2.91. The Morgan fingerprint density at radius 3 is 2.58 bits per heavy atom. The smallest absolute Gasteiger partial charge is 0.210 e. The topological polar surface area (TPSA) is 74.5 Å². The van der Waals surface area contributed by atoms with Gasteiger partial charge in [-0.3, -0.25) is 15.1 Å². The largest absolute Gasteiger partial charge is 0.490 e. The molecule has 0 N–H and O–H groups in total. The number of nitro groups is 1. The van der Waals surface area contributed by atoms with E-state index in [4.69, 9.17) is 21.1 Å². The van der Waals surface area contributed by atoms with E-state index in [0.717, 1.165) is 22.2 Å². The number of nitrogens with zero attached hydrogens (tertiary/aromatic N) is 2. The first-order valence-electron chi connectivity index (χ1n) is 8.08. The lowest BCUT2D eigenvalue weighted by atomic mass is 10.0. The Bertz CT molecular complexity index is 794. The van der Waals surface area contributed by atoms with E-state index in [2.05, 4.69) is 4.98 Å². The van der Waals surface area contributed by atoms with Crippen molar-refractivity contribution in [1.82, 2.24) is 4.98 Å². The number of fused-ring (bicyclic) bond motifs is 2. The van der Waals surface area contributed by atoms with E-state index < -0.39 is 0 Å². The Kier molecular flexibility index (Phi) is 4.76. The van der Waals surface area contributed by atoms with Crippen LogP contribution >= 0.6 is 11.6 Å². The lowest BCUT2D eigenvalue weighted by molar-refractivity contribution is -0.483. The fourth-order valence-electron chi connectivity index (χ4n) is 3.25. The summed E-state index contributed by atoms with van der Waals surface area (Å²) in [6.07, 6.45) is 1.41. The minimum atomic E-state index is -0.288. The summed E-state index contributed by atoms with van der Waals surface area (Å²) in [5.41, 5.74) is 2.39. The number of benzene rings is 1. The van der Waals surface area contributed by atoms with Gasteiger partial charge in [0.25, 0.3) is 0 Å². The highest BCUT2D eigenvalue weighted by molar-refractivity contribution is 6.36. The molecule has 0 amide bonds. The van der Waals surface area contributed by atoms with Crippen molar-refractivity contribution >= 4 is 22.5 Å². The summed E-state index contributed by atoms with van der Waals surface area (Å²) in [5, 5.41) is 12.2. The lowest BCUT2D eigenvalue weighted by Gasteiger charge is -2.15. The Labute approximate surface area is 144 Å². The first-order chi connectivity index (χ1) is 11.5. The lowest BCUT2D eigenvalue weighted by Crippen LogP contribution is -2.10. The molecule has 24 heavy (non-hydrogen) atoms. The van der Waals surface area contributed by atoms with Crippen LogP contribution in [0, 0.1) is 10.1 Å². The second-order valence-corrected chi connectivity index (χ2v) is 6.10. The molecule has 2 aromatic rings. The number of halogens is 1. The average molecular weight is 351 g/mol. The van der Waals surface area contributed by atoms with Crippen molar-refractivity contribution in [3.05, 3.63) is 38.5 Å². The van der Waals surface area contributed by atoms with Crippen LogP contribution in [0.3, 0.4) is 0 Å². The Morgan fingerprint density at radius 2 is 1.96 bits per heavy atom. The van der Waals surface area contributed by atoms with E-state index in [9.17, 15) is 10.1 Å². The summed E-state index contributed by atoms with van der Waals surface area (Å²) >= 11 is 6.61. The molecule has 1 aliphatic carbocycles. The van der Waals surface area contributed by atoms with Crippen molar-refractivity contribution in [2.24, 2.45) is 0 Å². The summed E-state index contributed by atoms with van der Waals surface area (Å²) in [7, 11) is 0. The zero-order valence-corrected chi connectivity index (χ0v) is 14.4. The molecule has 6 nitrogen and oxygen atoms in total. The van der Waals surface area contributed by atoms with Crippen LogP contribution in [0.1, 0.15) is 37.4 Å². The molecular formula is C17H19ClN2O4. The second kappa shape index (κ2) is 6.81. The predicted molar refractivity (Wildman–Crippen MR) is 92.0 cm³/mol. The number of hydrogen-bond donors (Lipinski definition) is 0. The first-order valence-corrected chi connectivity index (χ1v) is 8.46. The molecule has 7 heteroatoms. The van der Waals surface area contributed by atoms with Crippen molar-refractivity contribution in [3.8, 4) is 11.5 Å². The fraction of sp³-hybridized carbons (Fsp3) is 0.471. The van der Waals surface area contributed by atoms with Gasteiger partial charge in [-0.1, -0.05) is 11.6 Å². The van der Waals surface area contributed by atoms with Gasteiger partial charge in [0.15, 0.2) is 11.5 Å². The number of rotatable bonds is 6. The quantitative estimate of drug-likeness (QED) is 0.581. The van der Waals surface area contributed by atoms with Crippen molar-refractivity contribution in [1.29, 1.82) is 0 Å². The van der Waals surface area contributed by atoms with E-state index >= 15 is 0 Å². The third kappa shape index (κ3) is 2.98. The van der Waals surface area contributed by atoms with Gasteiger partial charge in [-0.15, -0.1) is 0 Å². The maximum absolute atomic E-state index is 10.9. The van der Waals surface area contributed by atoms with Crippen LogP contribution in [-0.2, 0) is 6.42 Å². The molecule has 0 fully saturated rings. The van der Waals surface area contributed by atoms with Gasteiger partial charge in [0, 0.05) is 27.6 Å². The van der Waals surface area contributed by atoms with Crippen molar-refractivity contribution < 1.29 is 14.4 Å². The summed E-state index contributed by atoms with van der Waals surface area (Å²) in [4.78, 5) is 15.3. The highest BCUT2D eigenvalue weighted by Gasteiger charge is 2.31. The molecule has 0 bridgehead atoms. The molecule has 0 saturated carbocycles. The van der Waals surface area contributed by atoms with E-state index in [1.165, 1.54) is 0 Å². The van der Waals surface area contributed by atoms with Crippen molar-refractivity contribution in [2.75, 3.05) is 19.8 Å². The van der Waals surface area contributed by atoms with Crippen molar-refractivity contribution in [3.63, 3.8) is 0 Å². The second-order valence-electron chi connectivity index (χ2n) is 5.72. The number of pyridine rings is 1. The van der Waals surface area contributed by atoms with Crippen LogP contribution < -0.4 is 9.47 Å². The molecule has 1 atom stereocenters. The van der Waals surface area contributed by atoms with Crippen LogP contribution in [0.2, 0.25) is 5.02 Å². The predicted octanol–water partition coefficient (Wildman–Crippen LogP) is 3.99. The monoisotopic (exact) mass is 350 g/mol. The Balaban J connectivity index is 2.15. The molecule has 1 heterocycles. The van der Waals surface area contributed by atoms with Crippen LogP contribution in [0.25, 0.3) is 10.9 Å². The normalized spacial score (nSPS) is 16.2. The molecule has 1 aromatic heterocycles. The molecule has 1 aromatic carbocycles. The molecule has 3 rings (SSSR count). The molecule has 1 aliphatic rings. The molecule has 0 spiro atoms. The van der Waals surface area contributed by atoms with Gasteiger partial charge in [0.2, 0.25) is 6.54 Å². The van der Waals surface area contributed by atoms with Crippen LogP contribution in [-0.4, -0.2) is 29.7 Å². The first kappa shape index (κ1) is 16.8. The molecule has 0 radical (unpaired) electrons. The number of aryl methyl sites for hydroxylation is 1. The Hall–Kier alpha value is -2.08. The summed E-state index contributed by atoms with van der Waals surface area (Å²) < 4.78 is 11.3. The van der Waals surface area contributed by atoms with Gasteiger partial charge in [0.1, 0.15) is 0 Å². The van der Waals surface area contributed by atoms with Crippen LogP contribution in [0.4, 0.5) is 0 Å². The Morgan fingerprint density at radius 1 is 1.29 bits per heavy atom. The van der Waals surface area contributed by atoms with Gasteiger partial charge in [-0.25, -0.2) is 0 Å². The SMILES string of the molecule is CCOc1cc2nc3c(c(Cl)c2cc1OCC)[C@@H](C[N+](=O)[O-])CC3. The molecule has 0 aliphatic heterocycles. The maximum Gasteiger partial charge on any atom is 0.210 e. The third-order valence-corrected chi connectivity index (χ3v) is 4.62. The molecule has 128 valence electrons. The number of ether oxygens (including phenoxy) is 2.